The van der Waals surface area contributed by atoms with Gasteiger partial charge in [-0.25, -0.2) is 4.39 Å². The molecule has 4 aliphatic heterocycles. The van der Waals surface area contributed by atoms with E-state index < -0.39 is 144 Å². The summed E-state index contributed by atoms with van der Waals surface area (Å²) in [6.07, 6.45) is -3.78. The van der Waals surface area contributed by atoms with Gasteiger partial charge in [-0.2, -0.15) is 0 Å². The molecule has 1 unspecified atom stereocenters. The highest BCUT2D eigenvalue weighted by molar-refractivity contribution is 6.00. The number of aliphatic hydroxyl groups excluding tert-OH is 1. The quantitative estimate of drug-likeness (QED) is 0.0886. The highest BCUT2D eigenvalue weighted by Gasteiger charge is 2.49. The number of benzene rings is 2. The summed E-state index contributed by atoms with van der Waals surface area (Å²) < 4.78 is 28.0. The first-order valence-corrected chi connectivity index (χ1v) is 27.1. The Morgan fingerprint density at radius 3 is 2.32 bits per heavy atom. The largest absolute Gasteiger partial charge is 0.391 e. The number of aryl methyl sites for hydroxylation is 1. The molecular weight excluding hydrogens is 1070 g/mol. The molecule has 444 valence electrons. The number of likely N-dealkylation sites (tertiary alicyclic amines) is 1. The molecule has 0 radical (unpaired) electrons. The number of methoxy groups -OCH3 is 1. The number of hydrogen-bond acceptors (Lipinski definition) is 15. The van der Waals surface area contributed by atoms with Crippen molar-refractivity contribution in [3.63, 3.8) is 0 Å². The van der Waals surface area contributed by atoms with Crippen LogP contribution in [0.2, 0.25) is 0 Å². The molecule has 1 aromatic heterocycles. The standard InChI is InChI=1S/C54H72FN13O14/c1-28-45(73)62-37(25-56-4)47(75)60-35-13-11-30-9-7-10-31(21-30)24-58-42(72)27-82-39-17-20-66(44(39)49(77)63-43(29(2)69)48(76)64-50(81-6)52(79)67-19-8-18-54(67,3)53(80)57-5)51(78)36(61-46(35)74)22-32-26-68(38-14-12-33(55)23-34(32)38)65-41(71)16-15-40(70)59-28/h7,9-10,12,14,21,23,26,28-29,35-37,39,43-44,50,56,69H,8,11,13,15-20,22,24-25,27H2,1-6H3,(H,57,80)(H,58,72)(H,59,70)(H,60,75)(H,61,74)(H,62,73)(H,63,77)(H,64,76)(H,65,71)/t28-,29+,35-,36-,37+,39-,43-,44-,50?,54-/m0/s1. The summed E-state index contributed by atoms with van der Waals surface area (Å²) >= 11 is 0. The van der Waals surface area contributed by atoms with Crippen molar-refractivity contribution in [3.8, 4) is 0 Å². The van der Waals surface area contributed by atoms with Crippen molar-refractivity contribution < 1.29 is 71.7 Å². The fourth-order valence-corrected chi connectivity index (χ4v) is 10.7. The second-order valence-electron chi connectivity index (χ2n) is 21.0. The molecule has 4 aliphatic rings. The summed E-state index contributed by atoms with van der Waals surface area (Å²) in [6.45, 7) is 3.27. The molecule has 0 spiro atoms. The minimum Gasteiger partial charge on any atom is -0.391 e. The van der Waals surface area contributed by atoms with Crippen LogP contribution in [-0.4, -0.2) is 192 Å². The third-order valence-corrected chi connectivity index (χ3v) is 15.1. The number of nitrogens with one attached hydrogen (secondary N) is 10. The number of aromatic nitrogens is 1. The number of ether oxygens (including phenoxy) is 2. The van der Waals surface area contributed by atoms with Crippen molar-refractivity contribution in [2.45, 2.75) is 139 Å². The van der Waals surface area contributed by atoms with Crippen LogP contribution in [0.5, 0.6) is 0 Å². The summed E-state index contributed by atoms with van der Waals surface area (Å²) in [5, 5.41) is 34.9. The average Bonchev–Trinajstić information content (AvgIpc) is 4.32. The van der Waals surface area contributed by atoms with E-state index in [1.165, 1.54) is 49.8 Å². The Kier molecular flexibility index (Phi) is 20.4. The molecule has 5 heterocycles. The van der Waals surface area contributed by atoms with Crippen LogP contribution in [0, 0.1) is 5.82 Å². The van der Waals surface area contributed by atoms with Crippen molar-refractivity contribution in [1.82, 2.24) is 62.3 Å². The first kappa shape index (κ1) is 61.5. The fourth-order valence-electron chi connectivity index (χ4n) is 10.7. The van der Waals surface area contributed by atoms with E-state index in [2.05, 4.69) is 53.3 Å². The maximum absolute atomic E-state index is 15.6. The van der Waals surface area contributed by atoms with Gasteiger partial charge in [0.15, 0.2) is 0 Å². The number of halogens is 1. The molecule has 2 fully saturated rings. The number of hydrogen-bond donors (Lipinski definition) is 11. The maximum atomic E-state index is 15.6. The van der Waals surface area contributed by atoms with Gasteiger partial charge in [0, 0.05) is 71.2 Å². The smallest absolute Gasteiger partial charge is 0.273 e. The molecule has 7 rings (SSSR count). The number of amides is 11. The topological polar surface area (TPSA) is 358 Å². The molecule has 8 bridgehead atoms. The zero-order valence-corrected chi connectivity index (χ0v) is 46.5. The Bertz CT molecular complexity index is 2960. The molecule has 10 atom stereocenters. The number of carbonyl (C=O) groups is 11. The lowest BCUT2D eigenvalue weighted by Gasteiger charge is -2.36. The third-order valence-electron chi connectivity index (χ3n) is 15.1. The SMILES string of the molecule is CNC[C@H]1NC(=O)[C@H](C)NC(=O)CCC(=O)Nn2cc(c3cc(F)ccc32)C[C@@H]2NC(=O)[C@H](CCc3cccc(c3)CNC(=O)CO[C@H]3CCN(C2=O)[C@@H]3C(=O)N[C@H](C(=O)NC(OC)C(=O)N2CCC[C@@]2(C)C(=O)NC)[C@@H](C)O)NC1=O. The fraction of sp³-hybridized carbons (Fsp3) is 0.537. The lowest BCUT2D eigenvalue weighted by Crippen LogP contribution is -2.64. The van der Waals surface area contributed by atoms with Crippen molar-refractivity contribution in [3.05, 3.63) is 71.2 Å². The first-order chi connectivity index (χ1) is 39.0. The number of carbonyl (C=O) groups excluding carboxylic acids is 11. The number of rotatable bonds is 10. The van der Waals surface area contributed by atoms with Gasteiger partial charge >= 0.3 is 0 Å². The van der Waals surface area contributed by atoms with Gasteiger partial charge in [0.2, 0.25) is 65.3 Å². The second kappa shape index (κ2) is 27.1. The molecule has 0 saturated carbocycles. The van der Waals surface area contributed by atoms with Gasteiger partial charge in [-0.05, 0) is 94.8 Å². The van der Waals surface area contributed by atoms with E-state index in [1.807, 2.05) is 0 Å². The van der Waals surface area contributed by atoms with Crippen molar-refractivity contribution >= 4 is 75.9 Å². The van der Waals surface area contributed by atoms with E-state index in [0.29, 0.717) is 24.0 Å². The van der Waals surface area contributed by atoms with Gasteiger partial charge in [0.25, 0.3) is 5.91 Å². The minimum atomic E-state index is -1.84. The Morgan fingerprint density at radius 2 is 1.60 bits per heavy atom. The van der Waals surface area contributed by atoms with E-state index in [9.17, 15) is 48.3 Å². The van der Waals surface area contributed by atoms with Gasteiger partial charge < -0.3 is 72.2 Å². The third kappa shape index (κ3) is 14.5. The van der Waals surface area contributed by atoms with Gasteiger partial charge in [0.05, 0.1) is 17.7 Å². The predicted molar refractivity (Wildman–Crippen MR) is 289 cm³/mol. The summed E-state index contributed by atoms with van der Waals surface area (Å²) in [7, 11) is 4.07. The Morgan fingerprint density at radius 1 is 0.866 bits per heavy atom. The Labute approximate surface area is 471 Å². The van der Waals surface area contributed by atoms with Crippen LogP contribution in [0.25, 0.3) is 10.9 Å². The highest BCUT2D eigenvalue weighted by Crippen LogP contribution is 2.31. The normalized spacial score (nSPS) is 25.6. The summed E-state index contributed by atoms with van der Waals surface area (Å²) in [5.41, 5.74) is 3.13. The monoisotopic (exact) mass is 1150 g/mol. The molecule has 11 amide bonds. The van der Waals surface area contributed by atoms with E-state index in [4.69, 9.17) is 9.47 Å². The van der Waals surface area contributed by atoms with Crippen LogP contribution in [-0.2, 0) is 81.6 Å². The molecule has 11 N–H and O–H groups in total. The lowest BCUT2D eigenvalue weighted by molar-refractivity contribution is -0.156. The predicted octanol–water partition coefficient (Wildman–Crippen LogP) is -3.30. The van der Waals surface area contributed by atoms with Gasteiger partial charge in [0.1, 0.15) is 54.2 Å². The molecule has 82 heavy (non-hydrogen) atoms. The van der Waals surface area contributed by atoms with Crippen LogP contribution >= 0.6 is 0 Å². The van der Waals surface area contributed by atoms with Crippen LogP contribution in [0.1, 0.15) is 76.0 Å². The molecular formula is C54H72FN13O14. The highest BCUT2D eigenvalue weighted by atomic mass is 19.1. The molecule has 27 nitrogen and oxygen atoms in total. The van der Waals surface area contributed by atoms with Gasteiger partial charge in [-0.1, -0.05) is 24.3 Å². The van der Waals surface area contributed by atoms with E-state index >= 15 is 14.0 Å². The van der Waals surface area contributed by atoms with Gasteiger partial charge in [-0.3, -0.25) is 62.8 Å². The average molecular weight is 1150 g/mol. The van der Waals surface area contributed by atoms with E-state index in [0.717, 1.165) is 24.1 Å². The van der Waals surface area contributed by atoms with E-state index in [-0.39, 0.29) is 74.7 Å². The molecule has 2 saturated heterocycles. The summed E-state index contributed by atoms with van der Waals surface area (Å²) in [4.78, 5) is 157. The molecule has 28 heteroatoms. The number of nitrogens with zero attached hydrogens (tertiary/aromatic N) is 3. The van der Waals surface area contributed by atoms with Gasteiger partial charge in [-0.15, -0.1) is 0 Å². The van der Waals surface area contributed by atoms with Crippen molar-refractivity contribution in [2.24, 2.45) is 0 Å². The zero-order chi connectivity index (χ0) is 59.6. The number of aliphatic hydroxyl groups is 1. The van der Waals surface area contributed by atoms with Crippen molar-refractivity contribution in [1.29, 1.82) is 0 Å². The van der Waals surface area contributed by atoms with Crippen LogP contribution in [0.4, 0.5) is 4.39 Å². The zero-order valence-electron chi connectivity index (χ0n) is 46.5. The lowest BCUT2D eigenvalue weighted by atomic mass is 9.97. The molecule has 3 aromatic rings. The van der Waals surface area contributed by atoms with Crippen LogP contribution < -0.4 is 53.3 Å². The first-order valence-electron chi connectivity index (χ1n) is 27.1. The number of likely N-dealkylation sites (N-methyl/N-ethyl adjacent to an activating group) is 2. The Balaban J connectivity index is 1.29. The summed E-state index contributed by atoms with van der Waals surface area (Å²) in [5.74, 6) is -9.54. The molecule has 0 aliphatic carbocycles. The minimum absolute atomic E-state index is 0.0186. The maximum Gasteiger partial charge on any atom is 0.273 e. The van der Waals surface area contributed by atoms with Crippen LogP contribution in [0.15, 0.2) is 48.7 Å². The molecule has 2 aromatic carbocycles. The number of fused-ring (bicyclic) bond motifs is 12. The van der Waals surface area contributed by atoms with Crippen LogP contribution in [0.3, 0.4) is 0 Å². The van der Waals surface area contributed by atoms with Crippen molar-refractivity contribution in [2.75, 3.05) is 52.9 Å². The Hall–Kier alpha value is -8.08. The van der Waals surface area contributed by atoms with E-state index in [1.54, 1.807) is 31.2 Å². The summed E-state index contributed by atoms with van der Waals surface area (Å²) in [6, 6.07) is 1.44. The second-order valence-corrected chi connectivity index (χ2v) is 21.0.